The van der Waals surface area contributed by atoms with Crippen LogP contribution < -0.4 is 10.6 Å². The van der Waals surface area contributed by atoms with Crippen LogP contribution in [0.25, 0.3) is 0 Å². The lowest BCUT2D eigenvalue weighted by Crippen LogP contribution is -2.32. The Bertz CT molecular complexity index is 330. The Morgan fingerprint density at radius 1 is 1.53 bits per heavy atom. The number of alkyl carbamates (subject to hydrolysis) is 1. The molecular weight excluding hydrogens is 244 g/mol. The smallest absolute Gasteiger partial charge is 0.407 e. The van der Waals surface area contributed by atoms with Crippen LogP contribution in [0.4, 0.5) is 4.79 Å². The first-order chi connectivity index (χ1) is 7.72. The minimum absolute atomic E-state index is 0. The van der Waals surface area contributed by atoms with Crippen molar-refractivity contribution in [3.05, 3.63) is 18.0 Å². The van der Waals surface area contributed by atoms with Gasteiger partial charge in [-0.25, -0.2) is 4.79 Å². The fourth-order valence-corrected chi connectivity index (χ4v) is 1.21. The van der Waals surface area contributed by atoms with Gasteiger partial charge in [0.05, 0.1) is 12.3 Å². The number of nitrogens with one attached hydrogen (secondary N) is 2. The van der Waals surface area contributed by atoms with E-state index in [1.807, 2.05) is 19.3 Å². The fourth-order valence-electron chi connectivity index (χ4n) is 1.21. The van der Waals surface area contributed by atoms with Crippen LogP contribution in [0.15, 0.2) is 12.3 Å². The quantitative estimate of drug-likeness (QED) is 0.740. The van der Waals surface area contributed by atoms with Crippen LogP contribution in [0.3, 0.4) is 0 Å². The fraction of sp³-hybridized carbons (Fsp3) is 0.600. The highest BCUT2D eigenvalue weighted by atomic mass is 35.5. The second kappa shape index (κ2) is 8.83. The number of hydrogen-bond donors (Lipinski definition) is 2. The van der Waals surface area contributed by atoms with Gasteiger partial charge in [0.1, 0.15) is 0 Å². The van der Waals surface area contributed by atoms with Gasteiger partial charge >= 0.3 is 6.09 Å². The van der Waals surface area contributed by atoms with Crippen molar-refractivity contribution in [2.45, 2.75) is 13.5 Å². The average molecular weight is 263 g/mol. The molecule has 0 atom stereocenters. The molecule has 2 N–H and O–H groups in total. The first-order valence-corrected chi connectivity index (χ1v) is 5.32. The molecule has 0 aliphatic rings. The van der Waals surface area contributed by atoms with E-state index in [4.69, 9.17) is 4.74 Å². The number of halogens is 1. The number of ether oxygens (including phenoxy) is 1. The summed E-state index contributed by atoms with van der Waals surface area (Å²) >= 11 is 0. The van der Waals surface area contributed by atoms with Crippen LogP contribution in [-0.4, -0.2) is 35.6 Å². The highest BCUT2D eigenvalue weighted by Gasteiger charge is 1.99. The van der Waals surface area contributed by atoms with Gasteiger partial charge in [-0.1, -0.05) is 0 Å². The van der Waals surface area contributed by atoms with Crippen molar-refractivity contribution < 1.29 is 9.53 Å². The SMILES string of the molecule is CCOC(=O)NCCNCc1ccn(C)n1.Cl. The number of amides is 1. The topological polar surface area (TPSA) is 68.2 Å². The van der Waals surface area contributed by atoms with Gasteiger partial charge in [-0.15, -0.1) is 12.4 Å². The first-order valence-electron chi connectivity index (χ1n) is 5.32. The van der Waals surface area contributed by atoms with E-state index in [0.29, 0.717) is 26.2 Å². The zero-order valence-corrected chi connectivity index (χ0v) is 10.9. The number of hydrogen-bond acceptors (Lipinski definition) is 4. The normalized spacial score (nSPS) is 9.53. The number of nitrogens with zero attached hydrogens (tertiary/aromatic N) is 2. The third-order valence-corrected chi connectivity index (χ3v) is 1.92. The van der Waals surface area contributed by atoms with E-state index in [1.54, 1.807) is 11.6 Å². The standard InChI is InChI=1S/C10H18N4O2.ClH/c1-3-16-10(15)12-6-5-11-8-9-4-7-14(2)13-9;/h4,7,11H,3,5-6,8H2,1-2H3,(H,12,15);1H. The predicted octanol–water partition coefficient (Wildman–Crippen LogP) is 0.678. The van der Waals surface area contributed by atoms with E-state index in [9.17, 15) is 4.79 Å². The predicted molar refractivity (Wildman–Crippen MR) is 67.2 cm³/mol. The molecule has 0 aliphatic carbocycles. The zero-order chi connectivity index (χ0) is 11.8. The van der Waals surface area contributed by atoms with Crippen LogP contribution in [0.2, 0.25) is 0 Å². The lowest BCUT2D eigenvalue weighted by Gasteiger charge is -2.05. The van der Waals surface area contributed by atoms with Crippen molar-refractivity contribution in [2.24, 2.45) is 7.05 Å². The van der Waals surface area contributed by atoms with Gasteiger partial charge in [-0.3, -0.25) is 4.68 Å². The van der Waals surface area contributed by atoms with E-state index in [2.05, 4.69) is 15.7 Å². The van der Waals surface area contributed by atoms with Crippen molar-refractivity contribution in [1.29, 1.82) is 0 Å². The van der Waals surface area contributed by atoms with E-state index in [-0.39, 0.29) is 18.5 Å². The number of aryl methyl sites for hydroxylation is 1. The Hall–Kier alpha value is -1.27. The van der Waals surface area contributed by atoms with Crippen molar-refractivity contribution in [3.63, 3.8) is 0 Å². The number of rotatable bonds is 6. The molecule has 0 bridgehead atoms. The van der Waals surface area contributed by atoms with Gasteiger partial charge in [0.15, 0.2) is 0 Å². The molecule has 1 amide bonds. The Morgan fingerprint density at radius 3 is 2.88 bits per heavy atom. The Morgan fingerprint density at radius 2 is 2.29 bits per heavy atom. The maximum absolute atomic E-state index is 10.9. The van der Waals surface area contributed by atoms with Gasteiger partial charge in [0, 0.05) is 32.9 Å². The summed E-state index contributed by atoms with van der Waals surface area (Å²) in [7, 11) is 1.88. The Balaban J connectivity index is 0.00000256. The largest absolute Gasteiger partial charge is 0.450 e. The molecule has 6 nitrogen and oxygen atoms in total. The molecule has 1 aromatic rings. The summed E-state index contributed by atoms with van der Waals surface area (Å²) < 4.78 is 6.47. The molecule has 0 saturated carbocycles. The molecule has 98 valence electrons. The van der Waals surface area contributed by atoms with Gasteiger partial charge in [0.2, 0.25) is 0 Å². The highest BCUT2D eigenvalue weighted by molar-refractivity contribution is 5.85. The Kier molecular flexibility index (Phi) is 8.17. The van der Waals surface area contributed by atoms with Gasteiger partial charge < -0.3 is 15.4 Å². The molecule has 1 heterocycles. The van der Waals surface area contributed by atoms with Crippen molar-refractivity contribution >= 4 is 18.5 Å². The molecule has 0 radical (unpaired) electrons. The zero-order valence-electron chi connectivity index (χ0n) is 10.1. The molecule has 7 heteroatoms. The maximum atomic E-state index is 10.9. The lowest BCUT2D eigenvalue weighted by atomic mass is 10.4. The van der Waals surface area contributed by atoms with E-state index >= 15 is 0 Å². The van der Waals surface area contributed by atoms with Crippen LogP contribution >= 0.6 is 12.4 Å². The number of aromatic nitrogens is 2. The monoisotopic (exact) mass is 262 g/mol. The molecule has 17 heavy (non-hydrogen) atoms. The second-order valence-electron chi connectivity index (χ2n) is 3.30. The van der Waals surface area contributed by atoms with Gasteiger partial charge in [0.25, 0.3) is 0 Å². The van der Waals surface area contributed by atoms with E-state index < -0.39 is 0 Å². The summed E-state index contributed by atoms with van der Waals surface area (Å²) in [5.74, 6) is 0. The summed E-state index contributed by atoms with van der Waals surface area (Å²) in [6, 6.07) is 1.95. The van der Waals surface area contributed by atoms with Crippen LogP contribution in [-0.2, 0) is 18.3 Å². The molecule has 0 aromatic carbocycles. The molecule has 1 aromatic heterocycles. The minimum Gasteiger partial charge on any atom is -0.450 e. The maximum Gasteiger partial charge on any atom is 0.407 e. The van der Waals surface area contributed by atoms with Crippen LogP contribution in [0.5, 0.6) is 0 Å². The van der Waals surface area contributed by atoms with E-state index in [0.717, 1.165) is 5.69 Å². The highest BCUT2D eigenvalue weighted by Crippen LogP contribution is 1.91. The first kappa shape index (κ1) is 15.7. The number of carbonyl (C=O) groups excluding carboxylic acids is 1. The second-order valence-corrected chi connectivity index (χ2v) is 3.30. The molecule has 0 aliphatic heterocycles. The molecule has 1 rings (SSSR count). The molecule has 0 saturated heterocycles. The minimum atomic E-state index is -0.373. The average Bonchev–Trinajstić information content (AvgIpc) is 2.64. The van der Waals surface area contributed by atoms with Crippen LogP contribution in [0.1, 0.15) is 12.6 Å². The van der Waals surface area contributed by atoms with Gasteiger partial charge in [-0.05, 0) is 13.0 Å². The van der Waals surface area contributed by atoms with Crippen molar-refractivity contribution in [3.8, 4) is 0 Å². The summed E-state index contributed by atoms with van der Waals surface area (Å²) in [4.78, 5) is 10.9. The van der Waals surface area contributed by atoms with E-state index in [1.165, 1.54) is 0 Å². The number of carbonyl (C=O) groups is 1. The van der Waals surface area contributed by atoms with Crippen molar-refractivity contribution in [1.82, 2.24) is 20.4 Å². The summed E-state index contributed by atoms with van der Waals surface area (Å²) in [5.41, 5.74) is 0.985. The molecule has 0 unspecified atom stereocenters. The third kappa shape index (κ3) is 6.80. The lowest BCUT2D eigenvalue weighted by molar-refractivity contribution is 0.152. The molecule has 0 spiro atoms. The summed E-state index contributed by atoms with van der Waals surface area (Å²) in [6.07, 6.45) is 1.52. The summed E-state index contributed by atoms with van der Waals surface area (Å²) in [5, 5.41) is 10.0. The third-order valence-electron chi connectivity index (χ3n) is 1.92. The van der Waals surface area contributed by atoms with Crippen LogP contribution in [0, 0.1) is 0 Å². The Labute approximate surface area is 107 Å². The summed E-state index contributed by atoms with van der Waals surface area (Å²) in [6.45, 7) is 4.11. The van der Waals surface area contributed by atoms with Gasteiger partial charge in [-0.2, -0.15) is 5.10 Å². The van der Waals surface area contributed by atoms with Crippen molar-refractivity contribution in [2.75, 3.05) is 19.7 Å². The molecule has 0 fully saturated rings. The molecular formula is C10H19ClN4O2.